The van der Waals surface area contributed by atoms with Crippen molar-refractivity contribution in [3.05, 3.63) is 29.6 Å². The van der Waals surface area contributed by atoms with E-state index in [0.29, 0.717) is 11.3 Å². The average Bonchev–Trinajstić information content (AvgIpc) is 2.44. The molecule has 3 nitrogen and oxygen atoms in total. The van der Waals surface area contributed by atoms with Crippen molar-refractivity contribution in [3.8, 4) is 5.75 Å². The lowest BCUT2D eigenvalue weighted by atomic mass is 9.85. The van der Waals surface area contributed by atoms with Crippen LogP contribution in [-0.4, -0.2) is 31.6 Å². The summed E-state index contributed by atoms with van der Waals surface area (Å²) in [5.41, 5.74) is 6.71. The number of nitrogens with two attached hydrogens (primary N) is 1. The third kappa shape index (κ3) is 4.17. The summed E-state index contributed by atoms with van der Waals surface area (Å²) in [5.74, 6) is 1.12. The zero-order valence-corrected chi connectivity index (χ0v) is 13.1. The number of benzene rings is 1. The summed E-state index contributed by atoms with van der Waals surface area (Å²) in [6, 6.07) is 4.55. The van der Waals surface area contributed by atoms with E-state index in [1.54, 1.807) is 19.2 Å². The minimum Gasteiger partial charge on any atom is -0.496 e. The first-order chi connectivity index (χ1) is 10.2. The van der Waals surface area contributed by atoms with Crippen LogP contribution in [-0.2, 0) is 0 Å². The van der Waals surface area contributed by atoms with Gasteiger partial charge in [-0.05, 0) is 50.4 Å². The molecule has 1 aliphatic carbocycles. The third-order valence-corrected chi connectivity index (χ3v) is 4.55. The van der Waals surface area contributed by atoms with Crippen molar-refractivity contribution in [2.75, 3.05) is 26.7 Å². The first-order valence-corrected chi connectivity index (χ1v) is 7.96. The second kappa shape index (κ2) is 7.76. The Morgan fingerprint density at radius 3 is 2.76 bits per heavy atom. The minimum absolute atomic E-state index is 0.274. The highest BCUT2D eigenvalue weighted by Gasteiger charge is 2.21. The zero-order valence-electron chi connectivity index (χ0n) is 13.1. The normalized spacial score (nSPS) is 16.8. The Hall–Kier alpha value is -1.13. The molecule has 0 radical (unpaired) electrons. The van der Waals surface area contributed by atoms with E-state index < -0.39 is 0 Å². The van der Waals surface area contributed by atoms with E-state index in [4.69, 9.17) is 10.5 Å². The lowest BCUT2D eigenvalue weighted by Crippen LogP contribution is -2.34. The maximum absolute atomic E-state index is 14.0. The standard InChI is InChI=1S/C17H27FN2O/c1-3-20(12-13-6-4-7-13)11-10-15(19)17-14(18)8-5-9-16(17)21-2/h5,8-9,13,15H,3-4,6-7,10-12,19H2,1-2H3. The van der Waals surface area contributed by atoms with Gasteiger partial charge in [0.2, 0.25) is 0 Å². The molecule has 2 N–H and O–H groups in total. The fourth-order valence-corrected chi connectivity index (χ4v) is 2.94. The SMILES string of the molecule is CCN(CCC(N)c1c(F)cccc1OC)CC1CCC1. The number of hydrogen-bond donors (Lipinski definition) is 1. The maximum atomic E-state index is 14.0. The number of hydrogen-bond acceptors (Lipinski definition) is 3. The smallest absolute Gasteiger partial charge is 0.131 e. The van der Waals surface area contributed by atoms with Crippen molar-refractivity contribution >= 4 is 0 Å². The van der Waals surface area contributed by atoms with Crippen LogP contribution in [0.2, 0.25) is 0 Å². The summed E-state index contributed by atoms with van der Waals surface area (Å²) < 4.78 is 19.2. The molecule has 1 unspecified atom stereocenters. The molecule has 0 saturated heterocycles. The Kier molecular flexibility index (Phi) is 6.00. The molecule has 1 atom stereocenters. The van der Waals surface area contributed by atoms with Crippen LogP contribution in [0.1, 0.15) is 44.2 Å². The van der Waals surface area contributed by atoms with Gasteiger partial charge >= 0.3 is 0 Å². The first kappa shape index (κ1) is 16.2. The van der Waals surface area contributed by atoms with E-state index in [-0.39, 0.29) is 11.9 Å². The van der Waals surface area contributed by atoms with Crippen LogP contribution in [0.5, 0.6) is 5.75 Å². The van der Waals surface area contributed by atoms with Gasteiger partial charge in [0.1, 0.15) is 11.6 Å². The van der Waals surface area contributed by atoms with Gasteiger partial charge in [-0.1, -0.05) is 19.4 Å². The van der Waals surface area contributed by atoms with Gasteiger partial charge in [-0.2, -0.15) is 0 Å². The molecule has 1 aromatic rings. The van der Waals surface area contributed by atoms with Gasteiger partial charge in [-0.3, -0.25) is 0 Å². The number of methoxy groups -OCH3 is 1. The van der Waals surface area contributed by atoms with E-state index >= 15 is 0 Å². The maximum Gasteiger partial charge on any atom is 0.131 e. The number of halogens is 1. The van der Waals surface area contributed by atoms with E-state index in [1.165, 1.54) is 25.3 Å². The molecular weight excluding hydrogens is 267 g/mol. The summed E-state index contributed by atoms with van der Waals surface area (Å²) in [6.45, 7) is 5.26. The summed E-state index contributed by atoms with van der Waals surface area (Å²) in [7, 11) is 1.56. The van der Waals surface area contributed by atoms with Crippen molar-refractivity contribution in [2.45, 2.75) is 38.6 Å². The first-order valence-electron chi connectivity index (χ1n) is 7.96. The second-order valence-electron chi connectivity index (χ2n) is 5.94. The van der Waals surface area contributed by atoms with Gasteiger partial charge in [0.05, 0.1) is 7.11 Å². The van der Waals surface area contributed by atoms with Crippen molar-refractivity contribution in [1.82, 2.24) is 4.90 Å². The summed E-state index contributed by atoms with van der Waals surface area (Å²) >= 11 is 0. The van der Waals surface area contributed by atoms with Crippen LogP contribution in [0.15, 0.2) is 18.2 Å². The van der Waals surface area contributed by atoms with Crippen LogP contribution in [0.3, 0.4) is 0 Å². The predicted octanol–water partition coefficient (Wildman–Crippen LogP) is 3.35. The molecule has 1 fully saturated rings. The molecule has 0 spiro atoms. The topological polar surface area (TPSA) is 38.5 Å². The molecule has 1 saturated carbocycles. The van der Waals surface area contributed by atoms with E-state index in [2.05, 4.69) is 11.8 Å². The lowest BCUT2D eigenvalue weighted by molar-refractivity contribution is 0.179. The quantitative estimate of drug-likeness (QED) is 0.799. The van der Waals surface area contributed by atoms with Crippen molar-refractivity contribution in [1.29, 1.82) is 0 Å². The monoisotopic (exact) mass is 294 g/mol. The molecule has 0 bridgehead atoms. The predicted molar refractivity (Wildman–Crippen MR) is 84.0 cm³/mol. The van der Waals surface area contributed by atoms with Crippen LogP contribution in [0.4, 0.5) is 4.39 Å². The molecule has 1 aromatic carbocycles. The van der Waals surface area contributed by atoms with Crippen molar-refractivity contribution in [3.63, 3.8) is 0 Å². The van der Waals surface area contributed by atoms with Crippen LogP contribution in [0, 0.1) is 11.7 Å². The highest BCUT2D eigenvalue weighted by atomic mass is 19.1. The Labute approximate surface area is 127 Å². The van der Waals surface area contributed by atoms with Gasteiger partial charge in [0.15, 0.2) is 0 Å². The summed E-state index contributed by atoms with van der Waals surface area (Å²) in [5, 5.41) is 0. The van der Waals surface area contributed by atoms with Gasteiger partial charge in [-0.15, -0.1) is 0 Å². The number of nitrogens with zero attached hydrogens (tertiary/aromatic N) is 1. The Bertz CT molecular complexity index is 448. The van der Waals surface area contributed by atoms with Gasteiger partial charge in [0.25, 0.3) is 0 Å². The molecule has 4 heteroatoms. The summed E-state index contributed by atoms with van der Waals surface area (Å²) in [6.07, 6.45) is 4.82. The fourth-order valence-electron chi connectivity index (χ4n) is 2.94. The van der Waals surface area contributed by atoms with Crippen LogP contribution >= 0.6 is 0 Å². The molecule has 1 aliphatic rings. The molecule has 0 aromatic heterocycles. The zero-order chi connectivity index (χ0) is 15.2. The average molecular weight is 294 g/mol. The number of rotatable bonds is 8. The molecule has 118 valence electrons. The molecule has 21 heavy (non-hydrogen) atoms. The second-order valence-corrected chi connectivity index (χ2v) is 5.94. The van der Waals surface area contributed by atoms with Crippen LogP contribution in [0.25, 0.3) is 0 Å². The lowest BCUT2D eigenvalue weighted by Gasteiger charge is -2.32. The van der Waals surface area contributed by atoms with E-state index in [0.717, 1.165) is 32.0 Å². The molecule has 0 heterocycles. The Morgan fingerprint density at radius 2 is 2.19 bits per heavy atom. The molecule has 0 amide bonds. The van der Waals surface area contributed by atoms with E-state index in [1.807, 2.05) is 0 Å². The van der Waals surface area contributed by atoms with Gasteiger partial charge in [-0.25, -0.2) is 4.39 Å². The van der Waals surface area contributed by atoms with Gasteiger partial charge in [0, 0.05) is 18.2 Å². The number of ether oxygens (including phenoxy) is 1. The third-order valence-electron chi connectivity index (χ3n) is 4.55. The highest BCUT2D eigenvalue weighted by Crippen LogP contribution is 2.30. The molecule has 2 rings (SSSR count). The largest absolute Gasteiger partial charge is 0.496 e. The van der Waals surface area contributed by atoms with Gasteiger partial charge < -0.3 is 15.4 Å². The Balaban J connectivity index is 1.92. The summed E-state index contributed by atoms with van der Waals surface area (Å²) in [4.78, 5) is 2.43. The van der Waals surface area contributed by atoms with E-state index in [9.17, 15) is 4.39 Å². The van der Waals surface area contributed by atoms with Crippen molar-refractivity contribution < 1.29 is 9.13 Å². The molecule has 0 aliphatic heterocycles. The Morgan fingerprint density at radius 1 is 1.43 bits per heavy atom. The minimum atomic E-state index is -0.323. The molecular formula is C17H27FN2O. The fraction of sp³-hybridized carbons (Fsp3) is 0.647. The van der Waals surface area contributed by atoms with Crippen molar-refractivity contribution in [2.24, 2.45) is 11.7 Å². The highest BCUT2D eigenvalue weighted by molar-refractivity contribution is 5.37. The van der Waals surface area contributed by atoms with Crippen LogP contribution < -0.4 is 10.5 Å².